The van der Waals surface area contributed by atoms with Gasteiger partial charge in [0.1, 0.15) is 0 Å². The van der Waals surface area contributed by atoms with E-state index in [1.807, 2.05) is 48.9 Å². The molecule has 2 aromatic rings. The fourth-order valence-corrected chi connectivity index (χ4v) is 2.85. The van der Waals surface area contributed by atoms with Crippen molar-refractivity contribution in [3.63, 3.8) is 0 Å². The van der Waals surface area contributed by atoms with E-state index in [-0.39, 0.29) is 5.78 Å². The van der Waals surface area contributed by atoms with Crippen molar-refractivity contribution >= 4 is 17.5 Å². The highest BCUT2D eigenvalue weighted by atomic mass is 32.2. The lowest BCUT2D eigenvalue weighted by Gasteiger charge is -2.05. The number of Topliss-reactive ketones (excluding diaryl/α,β-unsaturated/α-hetero) is 1. The molecular formula is C16H20N2OS. The van der Waals surface area contributed by atoms with Crippen LogP contribution in [0.2, 0.25) is 0 Å². The molecule has 0 atom stereocenters. The largest absolute Gasteiger partial charge is 0.294 e. The molecule has 0 aliphatic heterocycles. The van der Waals surface area contributed by atoms with Crippen LogP contribution in [0.4, 0.5) is 0 Å². The number of hydrogen-bond acceptors (Lipinski definition) is 3. The molecule has 0 saturated carbocycles. The second kappa shape index (κ2) is 6.75. The summed E-state index contributed by atoms with van der Waals surface area (Å²) in [7, 11) is 0. The minimum atomic E-state index is 0.146. The van der Waals surface area contributed by atoms with Gasteiger partial charge in [0.15, 0.2) is 5.78 Å². The van der Waals surface area contributed by atoms with E-state index in [9.17, 15) is 4.79 Å². The molecule has 3 nitrogen and oxygen atoms in total. The number of carbonyl (C=O) groups is 1. The molecule has 0 radical (unpaired) electrons. The first-order valence-electron chi connectivity index (χ1n) is 6.93. The van der Waals surface area contributed by atoms with Crippen molar-refractivity contribution < 1.29 is 4.79 Å². The SMILES string of the molecule is CCSc1ccc(C(=O)Cc2cc(C)nn2CC)cc1. The number of carbonyl (C=O) groups excluding carboxylic acids is 1. The minimum Gasteiger partial charge on any atom is -0.294 e. The zero-order valence-electron chi connectivity index (χ0n) is 12.2. The van der Waals surface area contributed by atoms with Gasteiger partial charge in [0, 0.05) is 22.7 Å². The number of rotatable bonds is 6. The summed E-state index contributed by atoms with van der Waals surface area (Å²) in [5.41, 5.74) is 2.72. The van der Waals surface area contributed by atoms with Crippen molar-refractivity contribution in [1.82, 2.24) is 9.78 Å². The second-order valence-electron chi connectivity index (χ2n) is 4.65. The lowest BCUT2D eigenvalue weighted by molar-refractivity contribution is 0.0990. The molecule has 0 aliphatic rings. The van der Waals surface area contributed by atoms with E-state index in [1.165, 1.54) is 4.90 Å². The van der Waals surface area contributed by atoms with Crippen LogP contribution in [0.15, 0.2) is 35.2 Å². The van der Waals surface area contributed by atoms with Crippen LogP contribution in [0.5, 0.6) is 0 Å². The Hall–Kier alpha value is -1.55. The maximum atomic E-state index is 12.3. The minimum absolute atomic E-state index is 0.146. The lowest BCUT2D eigenvalue weighted by atomic mass is 10.1. The van der Waals surface area contributed by atoms with Gasteiger partial charge < -0.3 is 0 Å². The van der Waals surface area contributed by atoms with E-state index >= 15 is 0 Å². The number of aromatic nitrogens is 2. The third-order valence-electron chi connectivity index (χ3n) is 3.11. The van der Waals surface area contributed by atoms with Gasteiger partial charge in [-0.1, -0.05) is 19.1 Å². The van der Waals surface area contributed by atoms with Crippen LogP contribution in [-0.2, 0) is 13.0 Å². The topological polar surface area (TPSA) is 34.9 Å². The third kappa shape index (κ3) is 3.51. The summed E-state index contributed by atoms with van der Waals surface area (Å²) >= 11 is 1.78. The average Bonchev–Trinajstić information content (AvgIpc) is 2.80. The van der Waals surface area contributed by atoms with Crippen LogP contribution in [-0.4, -0.2) is 21.3 Å². The third-order valence-corrected chi connectivity index (χ3v) is 4.01. The summed E-state index contributed by atoms with van der Waals surface area (Å²) in [6.45, 7) is 6.91. The number of hydrogen-bond donors (Lipinski definition) is 0. The molecule has 106 valence electrons. The van der Waals surface area contributed by atoms with Gasteiger partial charge in [0.05, 0.1) is 12.1 Å². The summed E-state index contributed by atoms with van der Waals surface area (Å²) in [6.07, 6.45) is 0.412. The fourth-order valence-electron chi connectivity index (χ4n) is 2.19. The van der Waals surface area contributed by atoms with Crippen molar-refractivity contribution in [2.24, 2.45) is 0 Å². The molecular weight excluding hydrogens is 268 g/mol. The van der Waals surface area contributed by atoms with Gasteiger partial charge in [-0.15, -0.1) is 11.8 Å². The predicted molar refractivity (Wildman–Crippen MR) is 83.5 cm³/mol. The van der Waals surface area contributed by atoms with E-state index in [0.717, 1.165) is 29.2 Å². The summed E-state index contributed by atoms with van der Waals surface area (Å²) < 4.78 is 1.90. The molecule has 0 saturated heterocycles. The molecule has 1 aromatic carbocycles. The molecule has 0 unspecified atom stereocenters. The zero-order chi connectivity index (χ0) is 14.5. The molecule has 20 heavy (non-hydrogen) atoms. The highest BCUT2D eigenvalue weighted by Crippen LogP contribution is 2.18. The monoisotopic (exact) mass is 288 g/mol. The normalized spacial score (nSPS) is 10.8. The van der Waals surface area contributed by atoms with Gasteiger partial charge in [-0.25, -0.2) is 0 Å². The highest BCUT2D eigenvalue weighted by molar-refractivity contribution is 7.99. The Kier molecular flexibility index (Phi) is 5.01. The van der Waals surface area contributed by atoms with Crippen LogP contribution in [0.3, 0.4) is 0 Å². The Bertz CT molecular complexity index is 587. The molecule has 1 aromatic heterocycles. The summed E-state index contributed by atoms with van der Waals surface area (Å²) in [5, 5.41) is 4.38. The van der Waals surface area contributed by atoms with E-state index in [0.29, 0.717) is 6.42 Å². The quantitative estimate of drug-likeness (QED) is 0.600. The van der Waals surface area contributed by atoms with Gasteiger partial charge in [-0.2, -0.15) is 5.10 Å². The summed E-state index contributed by atoms with van der Waals surface area (Å²) in [5.74, 6) is 1.19. The van der Waals surface area contributed by atoms with Crippen molar-refractivity contribution in [3.05, 3.63) is 47.3 Å². The van der Waals surface area contributed by atoms with Gasteiger partial charge in [-0.05, 0) is 37.8 Å². The Balaban J connectivity index is 2.11. The molecule has 4 heteroatoms. The van der Waals surface area contributed by atoms with E-state index in [1.54, 1.807) is 11.8 Å². The van der Waals surface area contributed by atoms with Crippen molar-refractivity contribution in [2.75, 3.05) is 5.75 Å². The van der Waals surface area contributed by atoms with Crippen molar-refractivity contribution in [3.8, 4) is 0 Å². The van der Waals surface area contributed by atoms with Gasteiger partial charge >= 0.3 is 0 Å². The molecule has 0 fully saturated rings. The zero-order valence-corrected chi connectivity index (χ0v) is 13.0. The van der Waals surface area contributed by atoms with Crippen LogP contribution in [0.25, 0.3) is 0 Å². The van der Waals surface area contributed by atoms with Crippen LogP contribution in [0, 0.1) is 6.92 Å². The molecule has 0 amide bonds. The van der Waals surface area contributed by atoms with Gasteiger partial charge in [-0.3, -0.25) is 9.48 Å². The van der Waals surface area contributed by atoms with Gasteiger partial charge in [0.25, 0.3) is 0 Å². The summed E-state index contributed by atoms with van der Waals surface area (Å²) in [4.78, 5) is 13.5. The molecule has 1 heterocycles. The highest BCUT2D eigenvalue weighted by Gasteiger charge is 2.11. The first kappa shape index (κ1) is 14.9. The van der Waals surface area contributed by atoms with Crippen LogP contribution in [0.1, 0.15) is 35.6 Å². The smallest absolute Gasteiger partial charge is 0.168 e. The van der Waals surface area contributed by atoms with E-state index in [4.69, 9.17) is 0 Å². The van der Waals surface area contributed by atoms with Crippen LogP contribution >= 0.6 is 11.8 Å². The van der Waals surface area contributed by atoms with Crippen LogP contribution < -0.4 is 0 Å². The van der Waals surface area contributed by atoms with Crippen molar-refractivity contribution in [1.29, 1.82) is 0 Å². The molecule has 0 aliphatic carbocycles. The number of aryl methyl sites for hydroxylation is 2. The molecule has 0 spiro atoms. The van der Waals surface area contributed by atoms with Gasteiger partial charge in [0.2, 0.25) is 0 Å². The number of nitrogens with zero attached hydrogens (tertiary/aromatic N) is 2. The van der Waals surface area contributed by atoms with Crippen molar-refractivity contribution in [2.45, 2.75) is 38.6 Å². The maximum absolute atomic E-state index is 12.3. The molecule has 0 bridgehead atoms. The maximum Gasteiger partial charge on any atom is 0.168 e. The Morgan fingerprint density at radius 1 is 1.25 bits per heavy atom. The van der Waals surface area contributed by atoms with E-state index < -0.39 is 0 Å². The number of ketones is 1. The summed E-state index contributed by atoms with van der Waals surface area (Å²) in [6, 6.07) is 9.86. The first-order chi connectivity index (χ1) is 9.63. The molecule has 0 N–H and O–H groups in total. The predicted octanol–water partition coefficient (Wildman–Crippen LogP) is 3.75. The molecule has 2 rings (SSSR count). The Labute approximate surface area is 124 Å². The fraction of sp³-hybridized carbons (Fsp3) is 0.375. The lowest BCUT2D eigenvalue weighted by Crippen LogP contribution is -2.09. The first-order valence-corrected chi connectivity index (χ1v) is 7.92. The second-order valence-corrected chi connectivity index (χ2v) is 5.99. The standard InChI is InChI=1S/C16H20N2OS/c1-4-18-14(10-12(3)17-18)11-16(19)13-6-8-15(9-7-13)20-5-2/h6-10H,4-5,11H2,1-3H3. The van der Waals surface area contributed by atoms with E-state index in [2.05, 4.69) is 12.0 Å². The Morgan fingerprint density at radius 2 is 1.95 bits per heavy atom. The number of thioether (sulfide) groups is 1. The average molecular weight is 288 g/mol. The number of benzene rings is 1. The Morgan fingerprint density at radius 3 is 2.55 bits per heavy atom.